The molecule has 0 N–H and O–H groups in total. The van der Waals surface area contributed by atoms with Gasteiger partial charge in [-0.1, -0.05) is 84.9 Å². The number of rotatable bonds is 7. The number of ether oxygens (including phenoxy) is 2. The lowest BCUT2D eigenvalue weighted by molar-refractivity contribution is 0.104. The highest BCUT2D eigenvalue weighted by Gasteiger charge is 2.30. The van der Waals surface area contributed by atoms with Crippen LogP contribution in [0.5, 0.6) is 11.5 Å². The van der Waals surface area contributed by atoms with Gasteiger partial charge in [-0.15, -0.1) is 0 Å². The van der Waals surface area contributed by atoms with Crippen molar-refractivity contribution in [1.82, 2.24) is 0 Å². The molecule has 0 bridgehead atoms. The van der Waals surface area contributed by atoms with E-state index >= 15 is 0 Å². The average molecular weight is 459 g/mol. The summed E-state index contributed by atoms with van der Waals surface area (Å²) in [5, 5.41) is 0. The molecular weight excluding hydrogens is 432 g/mol. The van der Waals surface area contributed by atoms with Crippen molar-refractivity contribution in [2.45, 2.75) is 12.8 Å². The van der Waals surface area contributed by atoms with Gasteiger partial charge < -0.3 is 9.47 Å². The molecule has 1 aliphatic rings. The van der Waals surface area contributed by atoms with Crippen LogP contribution in [0.25, 0.3) is 5.76 Å². The fourth-order valence-corrected chi connectivity index (χ4v) is 4.41. The van der Waals surface area contributed by atoms with Crippen molar-refractivity contribution < 1.29 is 14.3 Å². The highest BCUT2D eigenvalue weighted by molar-refractivity contribution is 6.05. The van der Waals surface area contributed by atoms with E-state index in [1.807, 2.05) is 91.9 Å². The van der Waals surface area contributed by atoms with E-state index in [1.54, 1.807) is 18.2 Å². The van der Waals surface area contributed by atoms with Gasteiger partial charge in [-0.05, 0) is 48.9 Å². The standard InChI is InChI=1S/C32H26O3/c1-2-34-26-19-17-23(18-20-26)29(33)22-21-28-31(24-11-5-3-6-12-24)27-15-9-10-16-30(27)35-32(28)25-13-7-4-8-14-25/h3-22,31H,2H2,1H3/b22-21+/t31-/m1/s1. The summed E-state index contributed by atoms with van der Waals surface area (Å²) >= 11 is 0. The zero-order valence-electron chi connectivity index (χ0n) is 19.6. The molecule has 1 heterocycles. The lowest BCUT2D eigenvalue weighted by Gasteiger charge is -2.30. The Kier molecular flexibility index (Phi) is 6.58. The van der Waals surface area contributed by atoms with Gasteiger partial charge in [0.05, 0.1) is 6.61 Å². The monoisotopic (exact) mass is 458 g/mol. The zero-order valence-corrected chi connectivity index (χ0v) is 19.6. The molecule has 0 spiro atoms. The number of fused-ring (bicyclic) bond motifs is 1. The summed E-state index contributed by atoms with van der Waals surface area (Å²) in [7, 11) is 0. The molecule has 0 saturated heterocycles. The predicted octanol–water partition coefficient (Wildman–Crippen LogP) is 7.46. The number of hydrogen-bond acceptors (Lipinski definition) is 3. The second-order valence-electron chi connectivity index (χ2n) is 8.29. The van der Waals surface area contributed by atoms with E-state index < -0.39 is 0 Å². The Balaban J connectivity index is 1.61. The van der Waals surface area contributed by atoms with Crippen LogP contribution in [-0.2, 0) is 0 Å². The van der Waals surface area contributed by atoms with E-state index in [-0.39, 0.29) is 11.7 Å². The maximum absolute atomic E-state index is 13.1. The van der Waals surface area contributed by atoms with E-state index in [0.29, 0.717) is 12.2 Å². The summed E-state index contributed by atoms with van der Waals surface area (Å²) in [5.74, 6) is 2.20. The molecular formula is C32H26O3. The topological polar surface area (TPSA) is 35.5 Å². The molecule has 1 atom stereocenters. The Morgan fingerprint density at radius 1 is 0.829 bits per heavy atom. The van der Waals surface area contributed by atoms with E-state index in [1.165, 1.54) is 0 Å². The van der Waals surface area contributed by atoms with Crippen LogP contribution in [0.3, 0.4) is 0 Å². The molecule has 3 heteroatoms. The third kappa shape index (κ3) is 4.80. The predicted molar refractivity (Wildman–Crippen MR) is 140 cm³/mol. The van der Waals surface area contributed by atoms with E-state index in [0.717, 1.165) is 39.5 Å². The SMILES string of the molecule is CCOc1ccc(C(=O)/C=C/C2=C(c3ccccc3)Oc3ccccc3[C@H]2c2ccccc2)cc1. The number of allylic oxidation sites excluding steroid dienone is 3. The fraction of sp³-hybridized carbons (Fsp3) is 0.0938. The van der Waals surface area contributed by atoms with Gasteiger partial charge in [0.15, 0.2) is 5.78 Å². The average Bonchev–Trinajstić information content (AvgIpc) is 2.92. The first-order valence-electron chi connectivity index (χ1n) is 11.8. The summed E-state index contributed by atoms with van der Waals surface area (Å²) < 4.78 is 12.0. The van der Waals surface area contributed by atoms with Gasteiger partial charge in [0.2, 0.25) is 0 Å². The number of carbonyl (C=O) groups excluding carboxylic acids is 1. The second kappa shape index (κ2) is 10.3. The van der Waals surface area contributed by atoms with Crippen molar-refractivity contribution in [3.63, 3.8) is 0 Å². The van der Waals surface area contributed by atoms with Crippen molar-refractivity contribution in [3.05, 3.63) is 149 Å². The first-order chi connectivity index (χ1) is 17.2. The van der Waals surface area contributed by atoms with Gasteiger partial charge in [0.25, 0.3) is 0 Å². The minimum Gasteiger partial charge on any atom is -0.494 e. The molecule has 0 unspecified atom stereocenters. The Bertz CT molecular complexity index is 1370. The van der Waals surface area contributed by atoms with Crippen molar-refractivity contribution in [2.75, 3.05) is 6.61 Å². The smallest absolute Gasteiger partial charge is 0.185 e. The number of carbonyl (C=O) groups is 1. The Hall–Kier alpha value is -4.37. The van der Waals surface area contributed by atoms with E-state index in [9.17, 15) is 4.79 Å². The summed E-state index contributed by atoms with van der Waals surface area (Å²) in [6.07, 6.45) is 3.55. The highest BCUT2D eigenvalue weighted by atomic mass is 16.5. The van der Waals surface area contributed by atoms with Crippen LogP contribution in [0.2, 0.25) is 0 Å². The molecule has 0 radical (unpaired) electrons. The summed E-state index contributed by atoms with van der Waals surface area (Å²) in [4.78, 5) is 13.1. The third-order valence-corrected chi connectivity index (χ3v) is 6.05. The van der Waals surface area contributed by atoms with Crippen LogP contribution in [-0.4, -0.2) is 12.4 Å². The number of para-hydroxylation sites is 1. The molecule has 1 aliphatic heterocycles. The van der Waals surface area contributed by atoms with Crippen LogP contribution < -0.4 is 9.47 Å². The van der Waals surface area contributed by atoms with Gasteiger partial charge in [-0.2, -0.15) is 0 Å². The van der Waals surface area contributed by atoms with Crippen molar-refractivity contribution in [2.24, 2.45) is 0 Å². The molecule has 0 amide bonds. The molecule has 0 saturated carbocycles. The van der Waals surface area contributed by atoms with E-state index in [4.69, 9.17) is 9.47 Å². The third-order valence-electron chi connectivity index (χ3n) is 6.05. The molecule has 5 rings (SSSR count). The first kappa shape index (κ1) is 22.4. The zero-order chi connectivity index (χ0) is 24.0. The molecule has 172 valence electrons. The quantitative estimate of drug-likeness (QED) is 0.213. The Morgan fingerprint density at radius 2 is 1.49 bits per heavy atom. The van der Waals surface area contributed by atoms with Crippen molar-refractivity contribution in [3.8, 4) is 11.5 Å². The molecule has 0 fully saturated rings. The van der Waals surface area contributed by atoms with Crippen molar-refractivity contribution in [1.29, 1.82) is 0 Å². The largest absolute Gasteiger partial charge is 0.494 e. The van der Waals surface area contributed by atoms with Crippen LogP contribution in [0.15, 0.2) is 127 Å². The van der Waals surface area contributed by atoms with Crippen LogP contribution >= 0.6 is 0 Å². The van der Waals surface area contributed by atoms with Gasteiger partial charge in [0, 0.05) is 28.2 Å². The number of hydrogen-bond donors (Lipinski definition) is 0. The molecule has 3 nitrogen and oxygen atoms in total. The normalized spacial score (nSPS) is 14.9. The second-order valence-corrected chi connectivity index (χ2v) is 8.29. The van der Waals surface area contributed by atoms with E-state index in [2.05, 4.69) is 18.2 Å². The molecule has 0 aliphatic carbocycles. The van der Waals surface area contributed by atoms with Gasteiger partial charge in [-0.3, -0.25) is 4.79 Å². The summed E-state index contributed by atoms with van der Waals surface area (Å²) in [6, 6.07) is 35.7. The highest BCUT2D eigenvalue weighted by Crippen LogP contribution is 2.46. The maximum Gasteiger partial charge on any atom is 0.185 e. The maximum atomic E-state index is 13.1. The molecule has 4 aromatic carbocycles. The van der Waals surface area contributed by atoms with Crippen molar-refractivity contribution >= 4 is 11.5 Å². The lowest BCUT2D eigenvalue weighted by Crippen LogP contribution is -2.15. The minimum absolute atomic E-state index is 0.0688. The molecule has 4 aromatic rings. The van der Waals surface area contributed by atoms with Gasteiger partial charge in [-0.25, -0.2) is 0 Å². The minimum atomic E-state index is -0.0707. The summed E-state index contributed by atoms with van der Waals surface area (Å²) in [6.45, 7) is 2.53. The fourth-order valence-electron chi connectivity index (χ4n) is 4.41. The molecule has 0 aromatic heterocycles. The number of benzene rings is 4. The lowest BCUT2D eigenvalue weighted by atomic mass is 9.81. The number of ketones is 1. The Labute approximate surface area is 206 Å². The molecule has 35 heavy (non-hydrogen) atoms. The van der Waals surface area contributed by atoms with Crippen LogP contribution in [0.4, 0.5) is 0 Å². The van der Waals surface area contributed by atoms with Crippen LogP contribution in [0, 0.1) is 0 Å². The van der Waals surface area contributed by atoms with Gasteiger partial charge in [0.1, 0.15) is 17.3 Å². The van der Waals surface area contributed by atoms with Crippen LogP contribution in [0.1, 0.15) is 39.9 Å². The first-order valence-corrected chi connectivity index (χ1v) is 11.8. The Morgan fingerprint density at radius 3 is 2.20 bits per heavy atom. The van der Waals surface area contributed by atoms with Gasteiger partial charge >= 0.3 is 0 Å². The summed E-state index contributed by atoms with van der Waals surface area (Å²) in [5.41, 5.74) is 4.74.